The fourth-order valence-electron chi connectivity index (χ4n) is 1.71. The van der Waals surface area contributed by atoms with Gasteiger partial charge in [0.05, 0.1) is 22.7 Å². The number of nitrogens with two attached hydrogens (primary N) is 1. The molecule has 0 radical (unpaired) electrons. The normalized spacial score (nSPS) is 11.8. The van der Waals surface area contributed by atoms with Crippen molar-refractivity contribution in [1.82, 2.24) is 9.78 Å². The van der Waals surface area contributed by atoms with Crippen LogP contribution in [0.4, 0.5) is 0 Å². The summed E-state index contributed by atoms with van der Waals surface area (Å²) in [6.45, 7) is 3.70. The number of rotatable bonds is 2. The van der Waals surface area contributed by atoms with E-state index in [0.717, 1.165) is 16.9 Å². The van der Waals surface area contributed by atoms with Gasteiger partial charge in [-0.2, -0.15) is 10.2 Å². The second-order valence-electron chi connectivity index (χ2n) is 3.71. The van der Waals surface area contributed by atoms with Gasteiger partial charge in [-0.05, 0) is 26.0 Å². The summed E-state index contributed by atoms with van der Waals surface area (Å²) in [5, 5.41) is 8.59. The van der Waals surface area contributed by atoms with Crippen LogP contribution < -0.4 is 5.84 Å². The van der Waals surface area contributed by atoms with Crippen LogP contribution >= 0.6 is 11.6 Å². The highest BCUT2D eigenvalue weighted by molar-refractivity contribution is 6.33. The first-order chi connectivity index (χ1) is 8.15. The maximum atomic E-state index is 6.30. The van der Waals surface area contributed by atoms with Gasteiger partial charge in [-0.25, -0.2) is 4.68 Å². The van der Waals surface area contributed by atoms with Crippen LogP contribution in [0.25, 0.3) is 5.69 Å². The summed E-state index contributed by atoms with van der Waals surface area (Å²) in [6.07, 6.45) is 0. The van der Waals surface area contributed by atoms with Crippen molar-refractivity contribution in [1.29, 1.82) is 0 Å². The Balaban J connectivity index is 2.60. The van der Waals surface area contributed by atoms with Gasteiger partial charge in [0.25, 0.3) is 0 Å². The molecular weight excluding hydrogens is 236 g/mol. The lowest BCUT2D eigenvalue weighted by atomic mass is 10.2. The molecule has 1 heterocycles. The summed E-state index contributed by atoms with van der Waals surface area (Å²) in [7, 11) is 0. The lowest BCUT2D eigenvalue weighted by Gasteiger charge is -2.02. The first kappa shape index (κ1) is 11.7. The molecule has 0 amide bonds. The molecule has 0 saturated carbocycles. The molecule has 0 bridgehead atoms. The second-order valence-corrected chi connectivity index (χ2v) is 4.07. The number of para-hydroxylation sites is 1. The fraction of sp³-hybridized carbons (Fsp3) is 0.167. The van der Waals surface area contributed by atoms with E-state index in [9.17, 15) is 0 Å². The molecule has 88 valence electrons. The van der Waals surface area contributed by atoms with Gasteiger partial charge >= 0.3 is 0 Å². The van der Waals surface area contributed by atoms with Gasteiger partial charge < -0.3 is 5.84 Å². The fourth-order valence-corrected chi connectivity index (χ4v) is 2.12. The van der Waals surface area contributed by atoms with E-state index < -0.39 is 0 Å². The van der Waals surface area contributed by atoms with Gasteiger partial charge in [-0.15, -0.1) is 0 Å². The smallest absolute Gasteiger partial charge is 0.142 e. The van der Waals surface area contributed by atoms with Crippen LogP contribution in [0.2, 0.25) is 5.15 Å². The molecule has 17 heavy (non-hydrogen) atoms. The van der Waals surface area contributed by atoms with Crippen LogP contribution in [0.5, 0.6) is 0 Å². The molecule has 1 aromatic carbocycles. The van der Waals surface area contributed by atoms with Gasteiger partial charge in [0.15, 0.2) is 0 Å². The number of hydrogen-bond donors (Lipinski definition) is 1. The Kier molecular flexibility index (Phi) is 3.15. The quantitative estimate of drug-likeness (QED) is 0.504. The predicted octanol–water partition coefficient (Wildman–Crippen LogP) is 2.52. The monoisotopic (exact) mass is 248 g/mol. The average molecular weight is 249 g/mol. The molecule has 0 spiro atoms. The van der Waals surface area contributed by atoms with Crippen LogP contribution in [0, 0.1) is 6.92 Å². The van der Waals surface area contributed by atoms with Gasteiger partial charge in [0, 0.05) is 0 Å². The van der Waals surface area contributed by atoms with E-state index in [1.165, 1.54) is 0 Å². The molecule has 2 N–H and O–H groups in total. The molecule has 2 rings (SSSR count). The Morgan fingerprint density at radius 1 is 1.35 bits per heavy atom. The number of nitrogens with zero attached hydrogens (tertiary/aromatic N) is 3. The topological polar surface area (TPSA) is 56.2 Å². The molecule has 0 saturated heterocycles. The SMILES string of the molecule is CC(=NN)c1c(C)nn(-c2ccccc2)c1Cl. The molecule has 0 aliphatic heterocycles. The number of halogens is 1. The van der Waals surface area contributed by atoms with Gasteiger partial charge in [-0.3, -0.25) is 0 Å². The molecule has 0 aliphatic carbocycles. The van der Waals surface area contributed by atoms with E-state index >= 15 is 0 Å². The first-order valence-electron chi connectivity index (χ1n) is 5.20. The lowest BCUT2D eigenvalue weighted by Crippen LogP contribution is -2.01. The van der Waals surface area contributed by atoms with Crippen molar-refractivity contribution >= 4 is 17.3 Å². The molecule has 0 fully saturated rings. The number of aryl methyl sites for hydroxylation is 1. The number of hydrogen-bond acceptors (Lipinski definition) is 3. The van der Waals surface area contributed by atoms with Crippen LogP contribution in [-0.4, -0.2) is 15.5 Å². The highest BCUT2D eigenvalue weighted by atomic mass is 35.5. The molecule has 2 aromatic rings. The van der Waals surface area contributed by atoms with Crippen LogP contribution in [0.15, 0.2) is 35.4 Å². The van der Waals surface area contributed by atoms with E-state index in [2.05, 4.69) is 10.2 Å². The minimum Gasteiger partial charge on any atom is -0.323 e. The molecule has 0 unspecified atom stereocenters. The van der Waals surface area contributed by atoms with Crippen LogP contribution in [0.1, 0.15) is 18.2 Å². The first-order valence-corrected chi connectivity index (χ1v) is 5.58. The van der Waals surface area contributed by atoms with Crippen molar-refractivity contribution in [2.45, 2.75) is 13.8 Å². The summed E-state index contributed by atoms with van der Waals surface area (Å²) in [6, 6.07) is 9.70. The zero-order valence-corrected chi connectivity index (χ0v) is 10.4. The zero-order chi connectivity index (χ0) is 12.4. The molecular formula is C12H13ClN4. The number of aromatic nitrogens is 2. The summed E-state index contributed by atoms with van der Waals surface area (Å²) >= 11 is 6.30. The van der Waals surface area contributed by atoms with E-state index in [0.29, 0.717) is 10.9 Å². The van der Waals surface area contributed by atoms with Gasteiger partial charge in [0.1, 0.15) is 5.15 Å². The maximum absolute atomic E-state index is 6.30. The minimum atomic E-state index is 0.528. The summed E-state index contributed by atoms with van der Waals surface area (Å²) in [4.78, 5) is 0. The van der Waals surface area contributed by atoms with Crippen LogP contribution in [-0.2, 0) is 0 Å². The predicted molar refractivity (Wildman–Crippen MR) is 69.7 cm³/mol. The zero-order valence-electron chi connectivity index (χ0n) is 9.68. The summed E-state index contributed by atoms with van der Waals surface area (Å²) < 4.78 is 1.68. The Hall–Kier alpha value is -1.81. The minimum absolute atomic E-state index is 0.528. The second kappa shape index (κ2) is 4.59. The summed E-state index contributed by atoms with van der Waals surface area (Å²) in [5.41, 5.74) is 3.19. The van der Waals surface area contributed by atoms with Gasteiger partial charge in [0.2, 0.25) is 0 Å². The van der Waals surface area contributed by atoms with Crippen LogP contribution in [0.3, 0.4) is 0 Å². The molecule has 1 aromatic heterocycles. The van der Waals surface area contributed by atoms with E-state index in [1.807, 2.05) is 44.2 Å². The standard InChI is InChI=1S/C12H13ClN4/c1-8(15-14)11-9(2)16-17(12(11)13)10-6-4-3-5-7-10/h3-7H,14H2,1-2H3. The van der Waals surface area contributed by atoms with Crippen molar-refractivity contribution in [2.24, 2.45) is 10.9 Å². The van der Waals surface area contributed by atoms with Gasteiger partial charge in [-0.1, -0.05) is 29.8 Å². The van der Waals surface area contributed by atoms with E-state index in [-0.39, 0.29) is 0 Å². The molecule has 0 atom stereocenters. The van der Waals surface area contributed by atoms with Crippen molar-refractivity contribution in [3.8, 4) is 5.69 Å². The average Bonchev–Trinajstić information content (AvgIpc) is 2.65. The maximum Gasteiger partial charge on any atom is 0.142 e. The van der Waals surface area contributed by atoms with E-state index in [1.54, 1.807) is 4.68 Å². The van der Waals surface area contributed by atoms with E-state index in [4.69, 9.17) is 17.4 Å². The molecule has 5 heteroatoms. The van der Waals surface area contributed by atoms with Crippen molar-refractivity contribution in [3.05, 3.63) is 46.7 Å². The Morgan fingerprint density at radius 3 is 2.59 bits per heavy atom. The third kappa shape index (κ3) is 2.03. The Morgan fingerprint density at radius 2 is 2.00 bits per heavy atom. The Labute approximate surface area is 105 Å². The third-order valence-corrected chi connectivity index (χ3v) is 2.91. The Bertz CT molecular complexity index is 557. The molecule has 0 aliphatic rings. The largest absolute Gasteiger partial charge is 0.323 e. The third-order valence-electron chi connectivity index (χ3n) is 2.56. The lowest BCUT2D eigenvalue weighted by molar-refractivity contribution is 0.863. The number of benzene rings is 1. The number of hydrazone groups is 1. The summed E-state index contributed by atoms with van der Waals surface area (Å²) in [5.74, 6) is 5.28. The molecule has 4 nitrogen and oxygen atoms in total. The van der Waals surface area contributed by atoms with Crippen molar-refractivity contribution < 1.29 is 0 Å². The highest BCUT2D eigenvalue weighted by Gasteiger charge is 2.16. The van der Waals surface area contributed by atoms with Crippen molar-refractivity contribution in [2.75, 3.05) is 0 Å². The van der Waals surface area contributed by atoms with Crippen molar-refractivity contribution in [3.63, 3.8) is 0 Å². The highest BCUT2D eigenvalue weighted by Crippen LogP contribution is 2.23.